The normalized spacial score (nSPS) is 17.8. The largest absolute Gasteiger partial charge is 0.367 e. The lowest BCUT2D eigenvalue weighted by molar-refractivity contribution is 0.0722. The number of carbonyl (C=O) groups is 1. The number of thiophene rings is 1. The third-order valence-electron chi connectivity index (χ3n) is 5.05. The molecule has 24 heavy (non-hydrogen) atoms. The molecule has 2 aromatic heterocycles. The van der Waals surface area contributed by atoms with Crippen molar-refractivity contribution in [2.45, 2.75) is 45.1 Å². The third-order valence-corrected chi connectivity index (χ3v) is 6.06. The first-order valence-corrected chi connectivity index (χ1v) is 9.53. The van der Waals surface area contributed by atoms with E-state index in [1.54, 1.807) is 17.7 Å². The molecule has 1 N–H and O–H groups in total. The predicted molar refractivity (Wildman–Crippen MR) is 95.7 cm³/mol. The number of fused-ring (bicyclic) bond motifs is 1. The van der Waals surface area contributed by atoms with Gasteiger partial charge in [-0.2, -0.15) is 0 Å². The van der Waals surface area contributed by atoms with Crippen LogP contribution in [0.5, 0.6) is 0 Å². The number of anilines is 1. The van der Waals surface area contributed by atoms with E-state index >= 15 is 0 Å². The van der Waals surface area contributed by atoms with Crippen LogP contribution in [-0.2, 0) is 12.8 Å². The summed E-state index contributed by atoms with van der Waals surface area (Å²) in [6.45, 7) is 3.62. The minimum atomic E-state index is 0.184. The molecule has 6 heteroatoms. The summed E-state index contributed by atoms with van der Waals surface area (Å²) in [7, 11) is 0. The lowest BCUT2D eigenvalue weighted by Gasteiger charge is -2.32. The Kier molecular flexibility index (Phi) is 4.22. The first-order valence-electron chi connectivity index (χ1n) is 8.65. The molecule has 1 fully saturated rings. The van der Waals surface area contributed by atoms with Gasteiger partial charge in [-0.25, -0.2) is 9.97 Å². The van der Waals surface area contributed by atoms with Crippen molar-refractivity contribution >= 4 is 23.1 Å². The Hall–Kier alpha value is -1.95. The number of aryl methyl sites for hydroxylation is 2. The molecule has 3 heterocycles. The average molecular weight is 342 g/mol. The van der Waals surface area contributed by atoms with Crippen molar-refractivity contribution in [2.75, 3.05) is 18.4 Å². The molecular weight excluding hydrogens is 320 g/mol. The van der Waals surface area contributed by atoms with E-state index in [-0.39, 0.29) is 5.91 Å². The summed E-state index contributed by atoms with van der Waals surface area (Å²) in [6, 6.07) is 2.40. The summed E-state index contributed by atoms with van der Waals surface area (Å²) in [4.78, 5) is 24.3. The number of rotatable bonds is 3. The standard InChI is InChI=1S/C18H22N4OS/c1-12-7-10-24-16(12)18(23)22-8-5-13(6-9-22)21-17-14-3-2-4-15(14)19-11-20-17/h7,10-11,13H,2-6,8-9H2,1H3,(H,19,20,21). The van der Waals surface area contributed by atoms with Gasteiger partial charge in [-0.1, -0.05) is 0 Å². The molecule has 1 aliphatic heterocycles. The zero-order valence-corrected chi connectivity index (χ0v) is 14.7. The molecule has 0 radical (unpaired) electrons. The number of nitrogens with one attached hydrogen (secondary N) is 1. The Morgan fingerprint density at radius 2 is 2.12 bits per heavy atom. The molecule has 0 spiro atoms. The maximum Gasteiger partial charge on any atom is 0.264 e. The fraction of sp³-hybridized carbons (Fsp3) is 0.500. The van der Waals surface area contributed by atoms with Crippen LogP contribution in [0.4, 0.5) is 5.82 Å². The summed E-state index contributed by atoms with van der Waals surface area (Å²) in [5.74, 6) is 1.19. The average Bonchev–Trinajstić information content (AvgIpc) is 3.24. The zero-order chi connectivity index (χ0) is 16.5. The van der Waals surface area contributed by atoms with Crippen molar-refractivity contribution in [2.24, 2.45) is 0 Å². The molecular formula is C18H22N4OS. The SMILES string of the molecule is Cc1ccsc1C(=O)N1CCC(Nc2ncnc3c2CCC3)CC1. The molecule has 0 saturated carbocycles. The number of amides is 1. The Morgan fingerprint density at radius 3 is 2.88 bits per heavy atom. The monoisotopic (exact) mass is 342 g/mol. The molecule has 1 aliphatic carbocycles. The van der Waals surface area contributed by atoms with Gasteiger partial charge >= 0.3 is 0 Å². The summed E-state index contributed by atoms with van der Waals surface area (Å²) in [5, 5.41) is 5.59. The number of piperidine rings is 1. The van der Waals surface area contributed by atoms with Crippen molar-refractivity contribution in [1.29, 1.82) is 0 Å². The van der Waals surface area contributed by atoms with Crippen molar-refractivity contribution < 1.29 is 4.79 Å². The highest BCUT2D eigenvalue weighted by Gasteiger charge is 2.26. The molecule has 1 amide bonds. The summed E-state index contributed by atoms with van der Waals surface area (Å²) >= 11 is 1.54. The van der Waals surface area contributed by atoms with Crippen LogP contribution in [0.1, 0.15) is 45.8 Å². The minimum absolute atomic E-state index is 0.184. The van der Waals surface area contributed by atoms with Gasteiger partial charge in [0.2, 0.25) is 0 Å². The third kappa shape index (κ3) is 2.90. The van der Waals surface area contributed by atoms with E-state index < -0.39 is 0 Å². The summed E-state index contributed by atoms with van der Waals surface area (Å²) in [6.07, 6.45) is 6.93. The number of carbonyl (C=O) groups excluding carboxylic acids is 1. The second-order valence-electron chi connectivity index (χ2n) is 6.64. The quantitative estimate of drug-likeness (QED) is 0.931. The van der Waals surface area contributed by atoms with E-state index in [0.717, 1.165) is 55.0 Å². The van der Waals surface area contributed by atoms with Gasteiger partial charge in [0.15, 0.2) is 0 Å². The Balaban J connectivity index is 1.38. The smallest absolute Gasteiger partial charge is 0.264 e. The van der Waals surface area contributed by atoms with Crippen LogP contribution in [0.25, 0.3) is 0 Å². The predicted octanol–water partition coefficient (Wildman–Crippen LogP) is 3.05. The molecule has 5 nitrogen and oxygen atoms in total. The van der Waals surface area contributed by atoms with Crippen molar-refractivity contribution in [3.63, 3.8) is 0 Å². The van der Waals surface area contributed by atoms with E-state index in [4.69, 9.17) is 0 Å². The first kappa shape index (κ1) is 15.6. The number of likely N-dealkylation sites (tertiary alicyclic amines) is 1. The maximum absolute atomic E-state index is 12.6. The lowest BCUT2D eigenvalue weighted by Crippen LogP contribution is -2.42. The molecule has 2 aliphatic rings. The van der Waals surface area contributed by atoms with Gasteiger partial charge in [0.1, 0.15) is 12.1 Å². The van der Waals surface area contributed by atoms with E-state index in [9.17, 15) is 4.79 Å². The van der Waals surface area contributed by atoms with E-state index in [2.05, 4.69) is 15.3 Å². The Labute approximate surface area is 146 Å². The lowest BCUT2D eigenvalue weighted by atomic mass is 10.0. The minimum Gasteiger partial charge on any atom is -0.367 e. The van der Waals surface area contributed by atoms with Crippen molar-refractivity contribution in [1.82, 2.24) is 14.9 Å². The van der Waals surface area contributed by atoms with Gasteiger partial charge in [-0.15, -0.1) is 11.3 Å². The highest BCUT2D eigenvalue weighted by Crippen LogP contribution is 2.27. The topological polar surface area (TPSA) is 58.1 Å². The summed E-state index contributed by atoms with van der Waals surface area (Å²) < 4.78 is 0. The maximum atomic E-state index is 12.6. The fourth-order valence-corrected chi connectivity index (χ4v) is 4.53. The fourth-order valence-electron chi connectivity index (χ4n) is 3.64. The molecule has 0 atom stereocenters. The van der Waals surface area contributed by atoms with Crippen LogP contribution < -0.4 is 5.32 Å². The number of aromatic nitrogens is 2. The highest BCUT2D eigenvalue weighted by atomic mass is 32.1. The van der Waals surface area contributed by atoms with Gasteiger partial charge in [0, 0.05) is 30.4 Å². The molecule has 1 saturated heterocycles. The molecule has 2 aromatic rings. The van der Waals surface area contributed by atoms with Crippen LogP contribution in [0.2, 0.25) is 0 Å². The van der Waals surface area contributed by atoms with Crippen LogP contribution in [0.15, 0.2) is 17.8 Å². The van der Waals surface area contributed by atoms with Gasteiger partial charge in [-0.3, -0.25) is 4.79 Å². The molecule has 126 valence electrons. The van der Waals surface area contributed by atoms with Crippen LogP contribution in [0.3, 0.4) is 0 Å². The van der Waals surface area contributed by atoms with Gasteiger partial charge in [0.05, 0.1) is 4.88 Å². The Morgan fingerprint density at radius 1 is 1.29 bits per heavy atom. The first-order chi connectivity index (χ1) is 11.7. The summed E-state index contributed by atoms with van der Waals surface area (Å²) in [5.41, 5.74) is 3.58. The molecule has 0 unspecified atom stereocenters. The van der Waals surface area contributed by atoms with Gasteiger partial charge in [0.25, 0.3) is 5.91 Å². The zero-order valence-electron chi connectivity index (χ0n) is 13.9. The molecule has 0 aromatic carbocycles. The van der Waals surface area contributed by atoms with Crippen LogP contribution in [0, 0.1) is 6.92 Å². The second-order valence-corrected chi connectivity index (χ2v) is 7.56. The highest BCUT2D eigenvalue weighted by molar-refractivity contribution is 7.12. The van der Waals surface area contributed by atoms with Crippen LogP contribution in [-0.4, -0.2) is 39.9 Å². The van der Waals surface area contributed by atoms with Crippen LogP contribution >= 0.6 is 11.3 Å². The van der Waals surface area contributed by atoms with Crippen molar-refractivity contribution in [3.05, 3.63) is 39.5 Å². The number of hydrogen-bond donors (Lipinski definition) is 1. The molecule has 0 bridgehead atoms. The number of nitrogens with zero attached hydrogens (tertiary/aromatic N) is 3. The second kappa shape index (κ2) is 6.51. The van der Waals surface area contributed by atoms with E-state index in [0.29, 0.717) is 6.04 Å². The van der Waals surface area contributed by atoms with Crippen molar-refractivity contribution in [3.8, 4) is 0 Å². The Bertz CT molecular complexity index is 749. The van der Waals surface area contributed by atoms with E-state index in [1.165, 1.54) is 17.7 Å². The molecule has 4 rings (SSSR count). The van der Waals surface area contributed by atoms with Gasteiger partial charge in [-0.05, 0) is 56.0 Å². The number of hydrogen-bond acceptors (Lipinski definition) is 5. The van der Waals surface area contributed by atoms with Gasteiger partial charge < -0.3 is 10.2 Å². The van der Waals surface area contributed by atoms with E-state index in [1.807, 2.05) is 23.3 Å².